The van der Waals surface area contributed by atoms with E-state index < -0.39 is 0 Å². The zero-order chi connectivity index (χ0) is 18.8. The van der Waals surface area contributed by atoms with Crippen LogP contribution in [0.1, 0.15) is 11.9 Å². The van der Waals surface area contributed by atoms with Crippen LogP contribution in [0.2, 0.25) is 0 Å². The van der Waals surface area contributed by atoms with Crippen LogP contribution in [0.5, 0.6) is 11.5 Å². The van der Waals surface area contributed by atoms with E-state index in [1.807, 2.05) is 24.3 Å². The van der Waals surface area contributed by atoms with E-state index in [1.165, 1.54) is 0 Å². The molecule has 3 heterocycles. The van der Waals surface area contributed by atoms with Crippen LogP contribution >= 0.6 is 12.4 Å². The van der Waals surface area contributed by atoms with Gasteiger partial charge in [-0.2, -0.15) is 10.1 Å². The van der Waals surface area contributed by atoms with Crippen LogP contribution in [-0.4, -0.2) is 66.1 Å². The Morgan fingerprint density at radius 2 is 2.00 bits per heavy atom. The number of nitrogens with zero attached hydrogens (tertiary/aromatic N) is 4. The Kier molecular flexibility index (Phi) is 6.18. The van der Waals surface area contributed by atoms with Crippen LogP contribution in [0.15, 0.2) is 28.8 Å². The first-order valence-electron chi connectivity index (χ1n) is 8.72. The summed E-state index contributed by atoms with van der Waals surface area (Å²) in [6.07, 6.45) is 0. The number of ether oxygens (including phenoxy) is 2. The summed E-state index contributed by atoms with van der Waals surface area (Å²) in [5.74, 6) is 2.40. The monoisotopic (exact) mass is 406 g/mol. The third-order valence-electron chi connectivity index (χ3n) is 4.74. The number of aromatic nitrogens is 4. The summed E-state index contributed by atoms with van der Waals surface area (Å²) in [7, 11) is 5.28. The highest BCUT2D eigenvalue weighted by Crippen LogP contribution is 2.32. The summed E-state index contributed by atoms with van der Waals surface area (Å²) in [6, 6.07) is 7.62. The van der Waals surface area contributed by atoms with E-state index in [4.69, 9.17) is 14.0 Å². The minimum absolute atomic E-state index is 0. The van der Waals surface area contributed by atoms with Gasteiger partial charge in [0.2, 0.25) is 0 Å². The predicted molar refractivity (Wildman–Crippen MR) is 106 cm³/mol. The molecule has 28 heavy (non-hydrogen) atoms. The number of likely N-dealkylation sites (N-methyl/N-ethyl adjacent to an activating group) is 1. The Hall–Kier alpha value is -2.62. The van der Waals surface area contributed by atoms with Gasteiger partial charge in [0.15, 0.2) is 17.3 Å². The Bertz CT molecular complexity index is 928. The van der Waals surface area contributed by atoms with Gasteiger partial charge in [0, 0.05) is 25.2 Å². The second-order valence-corrected chi connectivity index (χ2v) is 6.39. The van der Waals surface area contributed by atoms with Gasteiger partial charge in [-0.25, -0.2) is 0 Å². The fourth-order valence-corrected chi connectivity index (χ4v) is 3.15. The quantitative estimate of drug-likeness (QED) is 0.664. The van der Waals surface area contributed by atoms with Crippen LogP contribution in [0.3, 0.4) is 0 Å². The van der Waals surface area contributed by atoms with E-state index in [9.17, 15) is 0 Å². The summed E-state index contributed by atoms with van der Waals surface area (Å²) in [5.41, 5.74) is 2.32. The number of methoxy groups -OCH3 is 2. The molecule has 3 aromatic rings. The molecule has 2 N–H and O–H groups in total. The second kappa shape index (κ2) is 8.59. The molecule has 1 saturated heterocycles. The van der Waals surface area contributed by atoms with Gasteiger partial charge in [0.05, 0.1) is 26.0 Å². The van der Waals surface area contributed by atoms with Crippen molar-refractivity contribution in [1.82, 2.24) is 30.6 Å². The number of nitrogens with one attached hydrogen (secondary N) is 2. The molecule has 9 nitrogen and oxygen atoms in total. The minimum Gasteiger partial charge on any atom is -0.493 e. The van der Waals surface area contributed by atoms with Crippen LogP contribution in [0, 0.1) is 0 Å². The van der Waals surface area contributed by atoms with Crippen molar-refractivity contribution in [2.75, 3.05) is 40.9 Å². The van der Waals surface area contributed by atoms with Gasteiger partial charge in [-0.1, -0.05) is 5.16 Å². The molecule has 0 saturated carbocycles. The molecule has 0 spiro atoms. The van der Waals surface area contributed by atoms with E-state index in [1.54, 1.807) is 14.2 Å². The average molecular weight is 407 g/mol. The number of rotatable bonds is 5. The van der Waals surface area contributed by atoms with Crippen molar-refractivity contribution in [3.05, 3.63) is 30.1 Å². The first kappa shape index (κ1) is 20.1. The van der Waals surface area contributed by atoms with Gasteiger partial charge >= 0.3 is 0 Å². The molecule has 2 aromatic heterocycles. The highest BCUT2D eigenvalue weighted by Gasteiger charge is 2.26. The van der Waals surface area contributed by atoms with Crippen molar-refractivity contribution < 1.29 is 14.0 Å². The molecule has 1 unspecified atom stereocenters. The third kappa shape index (κ3) is 3.82. The summed E-state index contributed by atoms with van der Waals surface area (Å²) in [6.45, 7) is 2.71. The SMILES string of the molecule is COc1ccc(-c2cc(-c3nc(C4CNCCN4C)no3)[nH]n2)cc1OC.Cl. The van der Waals surface area contributed by atoms with Crippen LogP contribution < -0.4 is 14.8 Å². The predicted octanol–water partition coefficient (Wildman–Crippen LogP) is 2.14. The van der Waals surface area contributed by atoms with Crippen LogP contribution in [0.25, 0.3) is 22.8 Å². The van der Waals surface area contributed by atoms with Crippen molar-refractivity contribution in [2.24, 2.45) is 0 Å². The third-order valence-corrected chi connectivity index (χ3v) is 4.74. The van der Waals surface area contributed by atoms with E-state index in [0.717, 1.165) is 30.9 Å². The highest BCUT2D eigenvalue weighted by atomic mass is 35.5. The Labute approximate surface area is 168 Å². The lowest BCUT2D eigenvalue weighted by molar-refractivity contribution is 0.190. The largest absolute Gasteiger partial charge is 0.493 e. The van der Waals surface area contributed by atoms with Gasteiger partial charge in [-0.05, 0) is 31.3 Å². The van der Waals surface area contributed by atoms with E-state index in [0.29, 0.717) is 28.9 Å². The maximum atomic E-state index is 5.45. The Balaban J connectivity index is 0.00000225. The van der Waals surface area contributed by atoms with Crippen molar-refractivity contribution in [3.8, 4) is 34.3 Å². The van der Waals surface area contributed by atoms with E-state index in [-0.39, 0.29) is 18.4 Å². The van der Waals surface area contributed by atoms with Gasteiger partial charge < -0.3 is 19.3 Å². The van der Waals surface area contributed by atoms with Crippen LogP contribution in [-0.2, 0) is 0 Å². The normalized spacial score (nSPS) is 17.2. The summed E-state index contributed by atoms with van der Waals surface area (Å²) >= 11 is 0. The maximum absolute atomic E-state index is 5.45. The molecule has 0 amide bonds. The lowest BCUT2D eigenvalue weighted by Gasteiger charge is -2.30. The van der Waals surface area contributed by atoms with Gasteiger partial charge in [0.1, 0.15) is 5.69 Å². The molecule has 1 fully saturated rings. The molecule has 0 radical (unpaired) electrons. The van der Waals surface area contributed by atoms with Gasteiger partial charge in [0.25, 0.3) is 5.89 Å². The van der Waals surface area contributed by atoms with Gasteiger partial charge in [-0.3, -0.25) is 10.00 Å². The topological polar surface area (TPSA) is 101 Å². The first-order chi connectivity index (χ1) is 13.2. The maximum Gasteiger partial charge on any atom is 0.276 e. The molecular formula is C18H23ClN6O3. The molecule has 4 rings (SSSR count). The van der Waals surface area contributed by atoms with Crippen LogP contribution in [0.4, 0.5) is 0 Å². The number of hydrogen-bond acceptors (Lipinski definition) is 8. The summed E-state index contributed by atoms with van der Waals surface area (Å²) in [4.78, 5) is 6.76. The molecular weight excluding hydrogens is 384 g/mol. The second-order valence-electron chi connectivity index (χ2n) is 6.39. The highest BCUT2D eigenvalue weighted by molar-refractivity contribution is 5.85. The molecule has 0 aliphatic carbocycles. The standard InChI is InChI=1S/C18H22N6O3.ClH/c1-24-7-6-19-10-14(24)17-20-18(27-23-17)13-9-12(21-22-13)11-4-5-15(25-2)16(8-11)26-3;/h4-5,8-9,14,19H,6-7,10H2,1-3H3,(H,21,22);1H. The molecule has 1 aliphatic heterocycles. The van der Waals surface area contributed by atoms with Gasteiger partial charge in [-0.15, -0.1) is 12.4 Å². The lowest BCUT2D eigenvalue weighted by atomic mass is 10.1. The van der Waals surface area contributed by atoms with Crippen molar-refractivity contribution in [2.45, 2.75) is 6.04 Å². The Morgan fingerprint density at radius 1 is 1.18 bits per heavy atom. The lowest BCUT2D eigenvalue weighted by Crippen LogP contribution is -2.44. The smallest absolute Gasteiger partial charge is 0.276 e. The van der Waals surface area contributed by atoms with Crippen molar-refractivity contribution in [1.29, 1.82) is 0 Å². The number of aromatic amines is 1. The number of hydrogen-bond donors (Lipinski definition) is 2. The molecule has 150 valence electrons. The Morgan fingerprint density at radius 3 is 2.75 bits per heavy atom. The zero-order valence-corrected chi connectivity index (χ0v) is 16.7. The first-order valence-corrected chi connectivity index (χ1v) is 8.72. The molecule has 1 atom stereocenters. The average Bonchev–Trinajstić information content (AvgIpc) is 3.37. The number of benzene rings is 1. The summed E-state index contributed by atoms with van der Waals surface area (Å²) in [5, 5.41) is 14.8. The molecule has 10 heteroatoms. The van der Waals surface area contributed by atoms with E-state index >= 15 is 0 Å². The molecule has 1 aliphatic rings. The minimum atomic E-state index is 0. The number of halogens is 1. The number of H-pyrrole nitrogens is 1. The zero-order valence-electron chi connectivity index (χ0n) is 15.9. The fraction of sp³-hybridized carbons (Fsp3) is 0.389. The van der Waals surface area contributed by atoms with Crippen molar-refractivity contribution in [3.63, 3.8) is 0 Å². The molecule has 0 bridgehead atoms. The van der Waals surface area contributed by atoms with Crippen molar-refractivity contribution >= 4 is 12.4 Å². The fourth-order valence-electron chi connectivity index (χ4n) is 3.15. The summed E-state index contributed by atoms with van der Waals surface area (Å²) < 4.78 is 16.1. The van der Waals surface area contributed by atoms with E-state index in [2.05, 4.69) is 37.6 Å². The molecule has 1 aromatic carbocycles. The number of piperazine rings is 1.